The van der Waals surface area contributed by atoms with Gasteiger partial charge in [-0.05, 0) is 42.3 Å². The van der Waals surface area contributed by atoms with Crippen LogP contribution < -0.4 is 15.0 Å². The van der Waals surface area contributed by atoms with E-state index in [9.17, 15) is 27.5 Å². The molecule has 11 nitrogen and oxygen atoms in total. The van der Waals surface area contributed by atoms with Crippen LogP contribution in [0.2, 0.25) is 0 Å². The van der Waals surface area contributed by atoms with E-state index in [-0.39, 0.29) is 30.1 Å². The molecule has 5 rings (SSSR count). The van der Waals surface area contributed by atoms with Crippen molar-refractivity contribution in [3.8, 4) is 17.8 Å². The Morgan fingerprint density at radius 2 is 1.93 bits per heavy atom. The lowest BCUT2D eigenvalue weighted by Gasteiger charge is -2.31. The number of hydrogen-bond donors (Lipinski definition) is 2. The van der Waals surface area contributed by atoms with Crippen molar-refractivity contribution in [1.82, 2.24) is 9.62 Å². The number of hydrogen-bond acceptors (Lipinski definition) is 8. The molecule has 0 aliphatic carbocycles. The van der Waals surface area contributed by atoms with Crippen LogP contribution in [-0.2, 0) is 30.7 Å². The molecule has 0 bridgehead atoms. The number of carbonyl (C=O) groups is 2. The Hall–Kier alpha value is -4.64. The Labute approximate surface area is 260 Å². The minimum atomic E-state index is -4.18. The predicted molar refractivity (Wildman–Crippen MR) is 161 cm³/mol. The van der Waals surface area contributed by atoms with E-state index in [1.807, 2.05) is 18.2 Å². The summed E-state index contributed by atoms with van der Waals surface area (Å²) in [5.41, 5.74) is 0.994. The molecule has 236 valence electrons. The molecule has 4 unspecified atom stereocenters. The summed E-state index contributed by atoms with van der Waals surface area (Å²) in [6, 6.07) is 19.3. The maximum atomic E-state index is 13.9. The van der Waals surface area contributed by atoms with Crippen LogP contribution in [0.1, 0.15) is 12.0 Å². The third-order valence-electron chi connectivity index (χ3n) is 7.42. The largest absolute Gasteiger partial charge is 0.497 e. The third kappa shape index (κ3) is 7.72. The van der Waals surface area contributed by atoms with Crippen LogP contribution in [0.4, 0.5) is 14.9 Å². The van der Waals surface area contributed by atoms with Gasteiger partial charge in [-0.2, -0.15) is 4.31 Å². The topological polar surface area (TPSA) is 135 Å². The van der Waals surface area contributed by atoms with E-state index in [0.29, 0.717) is 12.2 Å². The first-order chi connectivity index (χ1) is 21.6. The lowest BCUT2D eigenvalue weighted by atomic mass is 10.0. The second-order valence-corrected chi connectivity index (χ2v) is 12.5. The summed E-state index contributed by atoms with van der Waals surface area (Å²) in [6.07, 6.45) is -1.13. The maximum absolute atomic E-state index is 13.9. The molecule has 3 aromatic rings. The number of sulfonamides is 1. The second kappa shape index (κ2) is 14.0. The molecule has 2 N–H and O–H groups in total. The fourth-order valence-electron chi connectivity index (χ4n) is 5.05. The van der Waals surface area contributed by atoms with Crippen molar-refractivity contribution < 1.29 is 41.7 Å². The summed E-state index contributed by atoms with van der Waals surface area (Å²) < 4.78 is 58.4. The number of aliphatic hydroxyl groups excluding tert-OH is 1. The van der Waals surface area contributed by atoms with Crippen LogP contribution in [0.25, 0.3) is 0 Å². The van der Waals surface area contributed by atoms with Gasteiger partial charge in [-0.25, -0.2) is 17.6 Å². The number of ether oxygens (including phenoxy) is 3. The van der Waals surface area contributed by atoms with Crippen molar-refractivity contribution >= 4 is 27.7 Å². The monoisotopic (exact) mass is 637 g/mol. The summed E-state index contributed by atoms with van der Waals surface area (Å²) in [5, 5.41) is 14.3. The summed E-state index contributed by atoms with van der Waals surface area (Å²) in [4.78, 5) is 27.1. The molecule has 0 saturated carbocycles. The van der Waals surface area contributed by atoms with Gasteiger partial charge in [0.25, 0.3) is 5.91 Å². The van der Waals surface area contributed by atoms with Crippen LogP contribution in [-0.4, -0.2) is 80.9 Å². The van der Waals surface area contributed by atoms with Crippen LogP contribution >= 0.6 is 0 Å². The molecule has 4 atom stereocenters. The van der Waals surface area contributed by atoms with Crippen molar-refractivity contribution in [1.29, 1.82) is 0 Å². The third-order valence-corrected chi connectivity index (χ3v) is 9.25. The van der Waals surface area contributed by atoms with Crippen molar-refractivity contribution in [3.05, 3.63) is 90.2 Å². The van der Waals surface area contributed by atoms with E-state index < -0.39 is 58.7 Å². The van der Waals surface area contributed by atoms with Crippen molar-refractivity contribution in [2.75, 3.05) is 31.6 Å². The first-order valence-corrected chi connectivity index (χ1v) is 15.6. The van der Waals surface area contributed by atoms with Gasteiger partial charge in [0.2, 0.25) is 10.0 Å². The molecule has 2 aliphatic heterocycles. The number of aliphatic hydroxyl groups is 1. The molecular weight excluding hydrogens is 605 g/mol. The standard InChI is InChI=1S/C32H32FN3O8S/c1-42-25-12-6-14-27(18-25)45(40,41)35(19-26-13-7-15-43-26)20-29(37)28(16-22-8-3-2-4-9-22)34-31(38)30-21-36(32(39)44-30)24-11-5-10-23(33)17-24/h2-6,8-12,14,17-18,26,28-30,37H,13,16,19-21H2,1H3,(H,34,38). The normalized spacial score (nSPS) is 18.8. The molecule has 3 aromatic carbocycles. The molecule has 1 saturated heterocycles. The number of benzene rings is 3. The van der Waals surface area contributed by atoms with E-state index in [1.165, 1.54) is 37.4 Å². The van der Waals surface area contributed by atoms with Gasteiger partial charge in [-0.15, -0.1) is 0 Å². The highest BCUT2D eigenvalue weighted by molar-refractivity contribution is 7.89. The van der Waals surface area contributed by atoms with Crippen molar-refractivity contribution in [2.24, 2.45) is 0 Å². The van der Waals surface area contributed by atoms with Crippen molar-refractivity contribution in [3.63, 3.8) is 0 Å². The fraction of sp³-hybridized carbons (Fsp3) is 0.312. The molecule has 45 heavy (non-hydrogen) atoms. The van der Waals surface area contributed by atoms with Crippen LogP contribution in [0.15, 0.2) is 83.8 Å². The number of methoxy groups -OCH3 is 1. The summed E-state index contributed by atoms with van der Waals surface area (Å²) in [7, 11) is -2.75. The smallest absolute Gasteiger partial charge is 0.415 e. The summed E-state index contributed by atoms with van der Waals surface area (Å²) >= 11 is 0. The summed E-state index contributed by atoms with van der Waals surface area (Å²) in [6.45, 7) is -0.708. The molecule has 2 amide bonds. The highest BCUT2D eigenvalue weighted by Crippen LogP contribution is 2.25. The number of rotatable bonds is 13. The quantitative estimate of drug-likeness (QED) is 0.274. The highest BCUT2D eigenvalue weighted by Gasteiger charge is 2.39. The molecule has 13 heteroatoms. The van der Waals surface area contributed by atoms with Gasteiger partial charge >= 0.3 is 6.09 Å². The second-order valence-electron chi connectivity index (χ2n) is 10.6. The first-order valence-electron chi connectivity index (χ1n) is 14.2. The number of cyclic esters (lactones) is 1. The zero-order valence-corrected chi connectivity index (χ0v) is 25.2. The average Bonchev–Trinajstić information content (AvgIpc) is 3.70. The Morgan fingerprint density at radius 3 is 2.64 bits per heavy atom. The lowest BCUT2D eigenvalue weighted by Crippen LogP contribution is -2.53. The van der Waals surface area contributed by atoms with Gasteiger partial charge in [0.15, 0.2) is 6.10 Å². The van der Waals surface area contributed by atoms with E-state index in [4.69, 9.17) is 14.2 Å². The van der Waals surface area contributed by atoms with Crippen LogP contribution in [0, 0.1) is 17.8 Å². The molecule has 1 fully saturated rings. The molecular formula is C32H32FN3O8S. The molecule has 2 heterocycles. The average molecular weight is 638 g/mol. The predicted octanol–water partition coefficient (Wildman–Crippen LogP) is 2.69. The Kier molecular flexibility index (Phi) is 9.87. The first kappa shape index (κ1) is 31.8. The maximum Gasteiger partial charge on any atom is 0.415 e. The molecule has 2 aliphatic rings. The van der Waals surface area contributed by atoms with E-state index in [0.717, 1.165) is 20.8 Å². The van der Waals surface area contributed by atoms with Crippen molar-refractivity contribution in [2.45, 2.75) is 42.1 Å². The number of amides is 2. The zero-order chi connectivity index (χ0) is 32.0. The minimum Gasteiger partial charge on any atom is -0.497 e. The number of nitrogens with one attached hydrogen (secondary N) is 1. The van der Waals surface area contributed by atoms with Gasteiger partial charge < -0.3 is 24.6 Å². The van der Waals surface area contributed by atoms with Gasteiger partial charge in [0.1, 0.15) is 23.8 Å². The van der Waals surface area contributed by atoms with Gasteiger partial charge in [0, 0.05) is 12.6 Å². The minimum absolute atomic E-state index is 0.0491. The molecule has 0 radical (unpaired) electrons. The van der Waals surface area contributed by atoms with Gasteiger partial charge in [0.05, 0.1) is 49.3 Å². The highest BCUT2D eigenvalue weighted by atomic mass is 32.2. The molecule has 0 aromatic heterocycles. The zero-order valence-electron chi connectivity index (χ0n) is 24.3. The van der Waals surface area contributed by atoms with E-state index >= 15 is 0 Å². The number of nitrogens with zero attached hydrogens (tertiary/aromatic N) is 2. The fourth-order valence-corrected chi connectivity index (χ4v) is 6.57. The van der Waals surface area contributed by atoms with Crippen LogP contribution in [0.5, 0.6) is 5.75 Å². The number of carbonyl (C=O) groups excluding carboxylic acids is 2. The lowest BCUT2D eigenvalue weighted by molar-refractivity contribution is -0.129. The van der Waals surface area contributed by atoms with E-state index in [1.54, 1.807) is 24.3 Å². The van der Waals surface area contributed by atoms with Gasteiger partial charge in [-0.3, -0.25) is 9.69 Å². The number of halogens is 1. The van der Waals surface area contributed by atoms with Gasteiger partial charge in [-0.1, -0.05) is 48.4 Å². The Bertz CT molecular complexity index is 1680. The molecule has 0 spiro atoms. The Balaban J connectivity index is 1.37. The number of anilines is 1. The summed E-state index contributed by atoms with van der Waals surface area (Å²) in [5.74, 6) is 1.86. The Morgan fingerprint density at radius 1 is 1.16 bits per heavy atom. The SMILES string of the molecule is COc1cccc(S(=O)(=O)N(CC2CC#CO2)CC(O)C(Cc2ccccc2)NC(=O)C2CN(c3cccc(F)c3)C(=O)O2)c1. The van der Waals surface area contributed by atoms with E-state index in [2.05, 4.69) is 17.3 Å². The van der Waals surface area contributed by atoms with Crippen LogP contribution in [0.3, 0.4) is 0 Å².